The molecular formula is C29H41N2O4+. The number of aromatic nitrogens is 1. The summed E-state index contributed by atoms with van der Waals surface area (Å²) in [5.74, 6) is -0.730. The number of nitrogens with zero attached hydrogens (tertiary/aromatic N) is 1. The molecule has 1 aromatic carbocycles. The molecule has 1 atom stereocenters. The summed E-state index contributed by atoms with van der Waals surface area (Å²) < 4.78 is 6.58. The maximum atomic E-state index is 12.7. The van der Waals surface area contributed by atoms with E-state index in [0.717, 1.165) is 18.4 Å². The molecule has 190 valence electrons. The molecule has 0 radical (unpaired) electrons. The Morgan fingerprint density at radius 3 is 2.37 bits per heavy atom. The summed E-state index contributed by atoms with van der Waals surface area (Å²) in [5.41, 5.74) is 1.09. The van der Waals surface area contributed by atoms with E-state index in [0.29, 0.717) is 23.3 Å². The number of nitrogens with one attached hydrogen (secondary N) is 1. The van der Waals surface area contributed by atoms with E-state index in [1.807, 2.05) is 18.2 Å². The number of aryl methyl sites for hydroxylation is 1. The molecule has 1 aliphatic heterocycles. The number of ether oxygens (including phenoxy) is 1. The van der Waals surface area contributed by atoms with Crippen LogP contribution in [0.3, 0.4) is 0 Å². The number of unbranched alkanes of at least 4 members (excludes halogenated alkanes) is 9. The van der Waals surface area contributed by atoms with Gasteiger partial charge in [-0.25, -0.2) is 4.79 Å². The van der Waals surface area contributed by atoms with E-state index in [2.05, 4.69) is 18.3 Å². The third-order valence-electron chi connectivity index (χ3n) is 6.73. The molecule has 0 fully saturated rings. The molecule has 2 N–H and O–H groups in total. The Hall–Kier alpha value is -2.73. The molecule has 35 heavy (non-hydrogen) atoms. The molecule has 0 saturated heterocycles. The van der Waals surface area contributed by atoms with Crippen molar-refractivity contribution in [1.82, 2.24) is 5.32 Å². The first kappa shape index (κ1) is 26.9. The van der Waals surface area contributed by atoms with Crippen LogP contribution in [0.2, 0.25) is 0 Å². The number of rotatable bonds is 15. The van der Waals surface area contributed by atoms with Crippen LogP contribution in [0, 0.1) is 0 Å². The summed E-state index contributed by atoms with van der Waals surface area (Å²) in [6.45, 7) is 4.33. The van der Waals surface area contributed by atoms with Crippen molar-refractivity contribution in [2.75, 3.05) is 6.61 Å². The van der Waals surface area contributed by atoms with Crippen molar-refractivity contribution in [2.24, 2.45) is 0 Å². The van der Waals surface area contributed by atoms with Crippen LogP contribution in [0.1, 0.15) is 105 Å². The van der Waals surface area contributed by atoms with Crippen molar-refractivity contribution in [3.8, 4) is 0 Å². The molecule has 0 aliphatic carbocycles. The Labute approximate surface area is 209 Å². The lowest BCUT2D eigenvalue weighted by Crippen LogP contribution is -2.40. The number of fused-ring (bicyclic) bond motifs is 1. The summed E-state index contributed by atoms with van der Waals surface area (Å²) in [7, 11) is 0. The van der Waals surface area contributed by atoms with Gasteiger partial charge in [-0.2, -0.15) is 4.57 Å². The van der Waals surface area contributed by atoms with Gasteiger partial charge in [-0.05, 0) is 25.3 Å². The summed E-state index contributed by atoms with van der Waals surface area (Å²) in [5, 5.41) is 14.2. The van der Waals surface area contributed by atoms with Gasteiger partial charge in [-0.1, -0.05) is 89.0 Å². The number of carbonyl (C=O) groups is 2. The highest BCUT2D eigenvalue weighted by Crippen LogP contribution is 2.34. The molecule has 2 heterocycles. The molecule has 6 nitrogen and oxygen atoms in total. The average Bonchev–Trinajstić information content (AvgIpc) is 3.11. The smallest absolute Gasteiger partial charge is 0.372 e. The highest BCUT2D eigenvalue weighted by atomic mass is 16.5. The van der Waals surface area contributed by atoms with Crippen LogP contribution in [0.4, 0.5) is 0 Å². The van der Waals surface area contributed by atoms with Crippen LogP contribution in [0.25, 0.3) is 0 Å². The Morgan fingerprint density at radius 1 is 1.00 bits per heavy atom. The first-order valence-corrected chi connectivity index (χ1v) is 13.3. The van der Waals surface area contributed by atoms with E-state index in [4.69, 9.17) is 4.74 Å². The fraction of sp³-hybridized carbons (Fsp3) is 0.552. The van der Waals surface area contributed by atoms with Crippen LogP contribution in [-0.2, 0) is 28.2 Å². The lowest BCUT2D eigenvalue weighted by Gasteiger charge is -2.24. The van der Waals surface area contributed by atoms with Crippen LogP contribution < -0.4 is 9.88 Å². The zero-order valence-electron chi connectivity index (χ0n) is 21.4. The summed E-state index contributed by atoms with van der Waals surface area (Å²) in [4.78, 5) is 24.5. The van der Waals surface area contributed by atoms with Gasteiger partial charge in [-0.15, -0.1) is 0 Å². The zero-order chi connectivity index (χ0) is 25.1. The third-order valence-corrected chi connectivity index (χ3v) is 6.73. The van der Waals surface area contributed by atoms with E-state index < -0.39 is 5.72 Å². The Balaban J connectivity index is 1.55. The molecule has 2 aromatic rings. The summed E-state index contributed by atoms with van der Waals surface area (Å²) in [6, 6.07) is 9.55. The van der Waals surface area contributed by atoms with Crippen molar-refractivity contribution >= 4 is 11.9 Å². The van der Waals surface area contributed by atoms with Crippen molar-refractivity contribution in [2.45, 2.75) is 96.7 Å². The van der Waals surface area contributed by atoms with Crippen molar-refractivity contribution < 1.29 is 24.0 Å². The second-order valence-electron chi connectivity index (χ2n) is 9.55. The highest BCUT2D eigenvalue weighted by Gasteiger charge is 2.44. The predicted molar refractivity (Wildman–Crippen MR) is 136 cm³/mol. The quantitative estimate of drug-likeness (QED) is 0.215. The second-order valence-corrected chi connectivity index (χ2v) is 9.55. The normalized spacial score (nSPS) is 16.7. The van der Waals surface area contributed by atoms with E-state index in [-0.39, 0.29) is 18.4 Å². The van der Waals surface area contributed by atoms with Gasteiger partial charge in [0.25, 0.3) is 5.91 Å². The first-order valence-electron chi connectivity index (χ1n) is 13.3. The van der Waals surface area contributed by atoms with Gasteiger partial charge in [0, 0.05) is 17.2 Å². The molecule has 1 aliphatic rings. The maximum Gasteiger partial charge on any atom is 0.372 e. The molecule has 0 spiro atoms. The molecular weight excluding hydrogens is 440 g/mol. The maximum absolute atomic E-state index is 12.7. The number of pyridine rings is 1. The fourth-order valence-electron chi connectivity index (χ4n) is 4.78. The molecule has 1 unspecified atom stereocenters. The minimum Gasteiger partial charge on any atom is -0.461 e. The first-order chi connectivity index (χ1) is 17.0. The van der Waals surface area contributed by atoms with Crippen molar-refractivity contribution in [1.29, 1.82) is 0 Å². The van der Waals surface area contributed by atoms with Gasteiger partial charge in [0.1, 0.15) is 5.56 Å². The van der Waals surface area contributed by atoms with Gasteiger partial charge in [-0.3, -0.25) is 4.79 Å². The number of amides is 1. The monoisotopic (exact) mass is 481 g/mol. The Kier molecular flexibility index (Phi) is 10.3. The number of esters is 1. The molecule has 0 bridgehead atoms. The number of aliphatic hydroxyl groups is 1. The van der Waals surface area contributed by atoms with Crippen LogP contribution in [0.15, 0.2) is 42.7 Å². The van der Waals surface area contributed by atoms with Crippen molar-refractivity contribution in [3.63, 3.8) is 0 Å². The van der Waals surface area contributed by atoms with E-state index in [1.54, 1.807) is 30.0 Å². The topological polar surface area (TPSA) is 79.5 Å². The van der Waals surface area contributed by atoms with Gasteiger partial charge >= 0.3 is 5.97 Å². The highest BCUT2D eigenvalue weighted by molar-refractivity contribution is 5.99. The van der Waals surface area contributed by atoms with Crippen LogP contribution in [0.5, 0.6) is 0 Å². The number of benzene rings is 1. The lowest BCUT2D eigenvalue weighted by molar-refractivity contribution is -0.686. The lowest BCUT2D eigenvalue weighted by atomic mass is 9.93. The molecule has 3 rings (SSSR count). The number of carbonyl (C=O) groups excluding carboxylic acids is 2. The Bertz CT molecular complexity index is 990. The van der Waals surface area contributed by atoms with Gasteiger partial charge < -0.3 is 15.2 Å². The van der Waals surface area contributed by atoms with Gasteiger partial charge in [0.2, 0.25) is 6.54 Å². The van der Waals surface area contributed by atoms with Gasteiger partial charge in [0.15, 0.2) is 18.1 Å². The van der Waals surface area contributed by atoms with Gasteiger partial charge in [0.05, 0.1) is 6.61 Å². The Morgan fingerprint density at radius 2 is 1.69 bits per heavy atom. The SMILES string of the molecule is CCCCCCCCCCCCc1cccc(C2(O)NC(=O)c3c[n+](CC(=O)OCC)ccc32)c1. The third kappa shape index (κ3) is 7.38. The van der Waals surface area contributed by atoms with E-state index in [9.17, 15) is 14.7 Å². The van der Waals surface area contributed by atoms with Crippen LogP contribution >= 0.6 is 0 Å². The zero-order valence-corrected chi connectivity index (χ0v) is 21.4. The summed E-state index contributed by atoms with van der Waals surface area (Å²) >= 11 is 0. The minimum atomic E-state index is -1.58. The molecule has 1 aromatic heterocycles. The minimum absolute atomic E-state index is 0.0151. The molecule has 6 heteroatoms. The second kappa shape index (κ2) is 13.4. The van der Waals surface area contributed by atoms with Crippen LogP contribution in [-0.4, -0.2) is 23.6 Å². The fourth-order valence-corrected chi connectivity index (χ4v) is 4.78. The molecule has 0 saturated carbocycles. The summed E-state index contributed by atoms with van der Waals surface area (Å²) in [6.07, 6.45) is 17.2. The average molecular weight is 482 g/mol. The number of hydrogen-bond donors (Lipinski definition) is 2. The predicted octanol–water partition coefficient (Wildman–Crippen LogP) is 4.94. The van der Waals surface area contributed by atoms with E-state index in [1.165, 1.54) is 57.8 Å². The standard InChI is InChI=1S/C29H40N2O4/c1-3-5-6-7-8-9-10-11-12-13-15-23-16-14-17-24(20-23)29(34)26-18-19-31(22-27(32)35-4-2)21-25(26)28(33)30-29/h14,16-21,34H,3-13,15,22H2,1-2H3/p+1. The molecule has 1 amide bonds. The van der Waals surface area contributed by atoms with E-state index >= 15 is 0 Å². The largest absolute Gasteiger partial charge is 0.461 e. The van der Waals surface area contributed by atoms with Crippen molar-refractivity contribution in [3.05, 3.63) is 65.0 Å². The number of hydrogen-bond acceptors (Lipinski definition) is 4.